The van der Waals surface area contributed by atoms with Crippen molar-refractivity contribution in [2.75, 3.05) is 0 Å². The van der Waals surface area contributed by atoms with Gasteiger partial charge in [0.25, 0.3) is 0 Å². The Labute approximate surface area is 83.4 Å². The third kappa shape index (κ3) is 3.12. The van der Waals surface area contributed by atoms with E-state index < -0.39 is 0 Å². The number of hydrogen-bond donors (Lipinski definition) is 1. The molecular weight excluding hydrogens is 180 g/mol. The van der Waals surface area contributed by atoms with Crippen LogP contribution in [-0.2, 0) is 6.42 Å². The molecule has 0 radical (unpaired) electrons. The van der Waals surface area contributed by atoms with Crippen LogP contribution in [0, 0.1) is 5.92 Å². The lowest BCUT2D eigenvalue weighted by molar-refractivity contribution is 0.160. The zero-order valence-electron chi connectivity index (χ0n) is 7.78. The smallest absolute Gasteiger partial charge is 0.0581 e. The summed E-state index contributed by atoms with van der Waals surface area (Å²) in [5, 5.41) is 13.9. The van der Waals surface area contributed by atoms with Gasteiger partial charge in [0, 0.05) is 0 Å². The molecule has 1 aromatic heterocycles. The highest BCUT2D eigenvalue weighted by atomic mass is 32.1. The summed E-state index contributed by atoms with van der Waals surface area (Å²) in [5.41, 5.74) is 1.29. The van der Waals surface area contributed by atoms with E-state index in [1.165, 1.54) is 24.8 Å². The Morgan fingerprint density at radius 1 is 1.54 bits per heavy atom. The SMILES string of the molecule is OC(CCC1CC1)Cc1ccsc1. The van der Waals surface area contributed by atoms with Crippen LogP contribution in [-0.4, -0.2) is 11.2 Å². The Bertz CT molecular complexity index is 239. The van der Waals surface area contributed by atoms with Crippen molar-refractivity contribution < 1.29 is 5.11 Å². The Morgan fingerprint density at radius 2 is 2.38 bits per heavy atom. The maximum absolute atomic E-state index is 9.70. The Hall–Kier alpha value is -0.340. The van der Waals surface area contributed by atoms with Crippen LogP contribution in [0.2, 0.25) is 0 Å². The van der Waals surface area contributed by atoms with Crippen molar-refractivity contribution in [1.82, 2.24) is 0 Å². The van der Waals surface area contributed by atoms with Gasteiger partial charge >= 0.3 is 0 Å². The summed E-state index contributed by atoms with van der Waals surface area (Å²) < 4.78 is 0. The molecule has 72 valence electrons. The molecule has 0 spiro atoms. The molecule has 1 fully saturated rings. The molecule has 1 aliphatic carbocycles. The minimum atomic E-state index is -0.116. The fourth-order valence-electron chi connectivity index (χ4n) is 1.62. The van der Waals surface area contributed by atoms with Crippen LogP contribution >= 0.6 is 11.3 Å². The number of hydrogen-bond acceptors (Lipinski definition) is 2. The predicted octanol–water partition coefficient (Wildman–Crippen LogP) is 2.84. The number of thiophene rings is 1. The molecule has 0 amide bonds. The van der Waals surface area contributed by atoms with E-state index in [0.717, 1.165) is 18.8 Å². The normalized spacial score (nSPS) is 18.8. The molecule has 1 unspecified atom stereocenters. The summed E-state index contributed by atoms with van der Waals surface area (Å²) in [6.45, 7) is 0. The third-order valence-corrected chi connectivity index (χ3v) is 3.39. The maximum Gasteiger partial charge on any atom is 0.0581 e. The highest BCUT2D eigenvalue weighted by Crippen LogP contribution is 2.34. The summed E-state index contributed by atoms with van der Waals surface area (Å²) in [6.07, 6.45) is 5.73. The number of rotatable bonds is 5. The van der Waals surface area contributed by atoms with E-state index in [1.54, 1.807) is 11.3 Å². The van der Waals surface area contributed by atoms with Gasteiger partial charge in [0.2, 0.25) is 0 Å². The van der Waals surface area contributed by atoms with E-state index in [1.807, 2.05) is 0 Å². The molecule has 1 saturated carbocycles. The molecule has 0 aromatic carbocycles. The first-order chi connectivity index (χ1) is 6.34. The summed E-state index contributed by atoms with van der Waals surface area (Å²) >= 11 is 1.71. The molecule has 2 heteroatoms. The molecule has 1 aliphatic rings. The first kappa shape index (κ1) is 9.22. The van der Waals surface area contributed by atoms with Crippen molar-refractivity contribution in [2.45, 2.75) is 38.2 Å². The Balaban J connectivity index is 1.68. The molecule has 0 bridgehead atoms. The lowest BCUT2D eigenvalue weighted by atomic mass is 10.1. The van der Waals surface area contributed by atoms with Gasteiger partial charge in [0.15, 0.2) is 0 Å². The van der Waals surface area contributed by atoms with Gasteiger partial charge in [-0.3, -0.25) is 0 Å². The van der Waals surface area contributed by atoms with E-state index in [2.05, 4.69) is 16.8 Å². The molecule has 1 heterocycles. The van der Waals surface area contributed by atoms with Crippen molar-refractivity contribution in [3.63, 3.8) is 0 Å². The minimum absolute atomic E-state index is 0.116. The van der Waals surface area contributed by atoms with Crippen molar-refractivity contribution in [1.29, 1.82) is 0 Å². The quantitative estimate of drug-likeness (QED) is 0.767. The van der Waals surface area contributed by atoms with Gasteiger partial charge in [0.1, 0.15) is 0 Å². The zero-order chi connectivity index (χ0) is 9.10. The Kier molecular flexibility index (Phi) is 3.01. The predicted molar refractivity (Wildman–Crippen MR) is 56.0 cm³/mol. The van der Waals surface area contributed by atoms with E-state index in [0.29, 0.717) is 0 Å². The van der Waals surface area contributed by atoms with Crippen molar-refractivity contribution in [3.05, 3.63) is 22.4 Å². The lowest BCUT2D eigenvalue weighted by Gasteiger charge is -2.08. The molecular formula is C11H16OS. The lowest BCUT2D eigenvalue weighted by Crippen LogP contribution is -2.09. The molecule has 1 nitrogen and oxygen atoms in total. The van der Waals surface area contributed by atoms with Crippen LogP contribution in [0.15, 0.2) is 16.8 Å². The molecule has 2 rings (SSSR count). The highest BCUT2D eigenvalue weighted by Gasteiger charge is 2.21. The standard InChI is InChI=1S/C11H16OS/c12-11(4-3-9-1-2-9)7-10-5-6-13-8-10/h5-6,8-9,11-12H,1-4,7H2. The maximum atomic E-state index is 9.70. The van der Waals surface area contributed by atoms with E-state index in [-0.39, 0.29) is 6.10 Å². The van der Waals surface area contributed by atoms with Gasteiger partial charge in [-0.05, 0) is 47.6 Å². The summed E-state index contributed by atoms with van der Waals surface area (Å²) in [4.78, 5) is 0. The highest BCUT2D eigenvalue weighted by molar-refractivity contribution is 7.07. The second kappa shape index (κ2) is 4.25. The molecule has 0 aliphatic heterocycles. The van der Waals surface area contributed by atoms with Gasteiger partial charge in [-0.25, -0.2) is 0 Å². The van der Waals surface area contributed by atoms with Crippen molar-refractivity contribution in [3.8, 4) is 0 Å². The van der Waals surface area contributed by atoms with Gasteiger partial charge in [-0.2, -0.15) is 11.3 Å². The van der Waals surface area contributed by atoms with Crippen LogP contribution in [0.25, 0.3) is 0 Å². The zero-order valence-corrected chi connectivity index (χ0v) is 8.59. The van der Waals surface area contributed by atoms with Crippen molar-refractivity contribution >= 4 is 11.3 Å². The van der Waals surface area contributed by atoms with Gasteiger partial charge in [-0.15, -0.1) is 0 Å². The van der Waals surface area contributed by atoms with Crippen LogP contribution < -0.4 is 0 Å². The average Bonchev–Trinajstić information content (AvgIpc) is 2.82. The summed E-state index contributed by atoms with van der Waals surface area (Å²) in [6, 6.07) is 2.10. The van der Waals surface area contributed by atoms with Crippen LogP contribution in [0.3, 0.4) is 0 Å². The van der Waals surface area contributed by atoms with E-state index in [9.17, 15) is 5.11 Å². The monoisotopic (exact) mass is 196 g/mol. The average molecular weight is 196 g/mol. The second-order valence-electron chi connectivity index (χ2n) is 4.01. The molecule has 0 saturated heterocycles. The van der Waals surface area contributed by atoms with Gasteiger partial charge in [0.05, 0.1) is 6.10 Å². The first-order valence-corrected chi connectivity index (χ1v) is 5.98. The topological polar surface area (TPSA) is 20.2 Å². The minimum Gasteiger partial charge on any atom is -0.393 e. The molecule has 1 atom stereocenters. The third-order valence-electron chi connectivity index (χ3n) is 2.66. The van der Waals surface area contributed by atoms with Crippen LogP contribution in [0.1, 0.15) is 31.2 Å². The molecule has 1 aromatic rings. The number of aliphatic hydroxyl groups excluding tert-OH is 1. The van der Waals surface area contributed by atoms with Crippen molar-refractivity contribution in [2.24, 2.45) is 5.92 Å². The largest absolute Gasteiger partial charge is 0.393 e. The van der Waals surface area contributed by atoms with Gasteiger partial charge < -0.3 is 5.11 Å². The van der Waals surface area contributed by atoms with Crippen LogP contribution in [0.5, 0.6) is 0 Å². The number of aliphatic hydroxyl groups is 1. The van der Waals surface area contributed by atoms with Crippen LogP contribution in [0.4, 0.5) is 0 Å². The van der Waals surface area contributed by atoms with Gasteiger partial charge in [-0.1, -0.05) is 12.8 Å². The Morgan fingerprint density at radius 3 is 3.00 bits per heavy atom. The second-order valence-corrected chi connectivity index (χ2v) is 4.79. The van der Waals surface area contributed by atoms with E-state index >= 15 is 0 Å². The molecule has 1 N–H and O–H groups in total. The fourth-order valence-corrected chi connectivity index (χ4v) is 2.30. The molecule has 13 heavy (non-hydrogen) atoms. The fraction of sp³-hybridized carbons (Fsp3) is 0.636. The first-order valence-electron chi connectivity index (χ1n) is 5.04. The summed E-state index contributed by atoms with van der Waals surface area (Å²) in [7, 11) is 0. The summed E-state index contributed by atoms with van der Waals surface area (Å²) in [5.74, 6) is 0.942. The van der Waals surface area contributed by atoms with E-state index in [4.69, 9.17) is 0 Å².